The van der Waals surface area contributed by atoms with E-state index in [-0.39, 0.29) is 20.1 Å². The number of rotatable bonds is 0. The Morgan fingerprint density at radius 1 is 0.333 bits per heavy atom. The predicted octanol–water partition coefficient (Wildman–Crippen LogP) is 8.27. The van der Waals surface area contributed by atoms with E-state index in [1.54, 1.807) is 0 Å². The van der Waals surface area contributed by atoms with Crippen molar-refractivity contribution < 1.29 is 33.7 Å². The van der Waals surface area contributed by atoms with Crippen molar-refractivity contribution in [3.05, 3.63) is 0 Å². The summed E-state index contributed by atoms with van der Waals surface area (Å²) in [4.78, 5) is 0. The van der Waals surface area contributed by atoms with Crippen molar-refractivity contribution in [2.75, 3.05) is 0 Å². The van der Waals surface area contributed by atoms with Crippen LogP contribution >= 0.6 is 115 Å². The summed E-state index contributed by atoms with van der Waals surface area (Å²) in [5.41, 5.74) is 0. The van der Waals surface area contributed by atoms with Crippen molar-refractivity contribution in [1.82, 2.24) is 0 Å². The smallest absolute Gasteiger partial charge is 4.00 e. The van der Waals surface area contributed by atoms with Crippen LogP contribution in [0.25, 0.3) is 0 Å². The van der Waals surface area contributed by atoms with Gasteiger partial charge in [0.2, 0.25) is 0 Å². The van der Waals surface area contributed by atoms with Gasteiger partial charge in [-0.2, -0.15) is 0 Å². The van der Waals surface area contributed by atoms with E-state index in [0.717, 1.165) is 0 Å². The van der Waals surface area contributed by atoms with Gasteiger partial charge in [0.25, 0.3) is 0 Å². The van der Waals surface area contributed by atoms with E-state index in [0.29, 0.717) is 0 Å². The van der Waals surface area contributed by atoms with Gasteiger partial charge in [-0.25, -0.2) is 0 Å². The third-order valence-electron chi connectivity index (χ3n) is 0. The molecular weight excluding hydrogens is 1000 g/mol. The van der Waals surface area contributed by atoms with Gasteiger partial charge in [-0.1, -0.05) is 0 Å². The van der Waals surface area contributed by atoms with Crippen molar-refractivity contribution in [3.63, 3.8) is 0 Å². The summed E-state index contributed by atoms with van der Waals surface area (Å²) >= 11 is 0. The maximum Gasteiger partial charge on any atom is 4.00 e. The quantitative estimate of drug-likeness (QED) is 0.230. The summed E-state index contributed by atoms with van der Waals surface area (Å²) in [7, 11) is 60.7. The van der Waals surface area contributed by atoms with E-state index in [1.807, 2.05) is 0 Å². The summed E-state index contributed by atoms with van der Waals surface area (Å²) in [6, 6.07) is 0. The van der Waals surface area contributed by atoms with E-state index < -0.39 is 13.6 Å². The van der Waals surface area contributed by atoms with Gasteiger partial charge < -0.3 is 0 Å². The third-order valence-corrected chi connectivity index (χ3v) is 0. The van der Waals surface area contributed by atoms with Crippen molar-refractivity contribution in [2.45, 2.75) is 0 Å². The van der Waals surface area contributed by atoms with E-state index in [4.69, 9.17) is 115 Å². The van der Waals surface area contributed by atoms with E-state index in [2.05, 4.69) is 0 Å². The fraction of sp³-hybridized carbons (Fsp3) is 0. The summed E-state index contributed by atoms with van der Waals surface area (Å²) in [5.74, 6) is 0. The Bertz CT molecular complexity index is 158. The predicted molar refractivity (Wildman–Crippen MR) is 70.2 cm³/mol. The molecule has 15 heavy (non-hydrogen) atoms. The molecule has 0 aliphatic heterocycles. The summed E-state index contributed by atoms with van der Waals surface area (Å²) in [6.45, 7) is -10.7. The largest absolute Gasteiger partial charge is 4.00 e. The zero-order valence-electron chi connectivity index (χ0n) is 5.54. The fourth-order valence-electron chi connectivity index (χ4n) is 0. The van der Waals surface area contributed by atoms with Crippen LogP contribution in [0, 0.1) is 0 Å². The number of hydrogen-bond acceptors (Lipinski definition) is 0. The maximum absolute atomic E-state index is 5.33. The first-order chi connectivity index (χ1) is 4.90. The first-order valence-corrected chi connectivity index (χ1v) is 37.1. The van der Waals surface area contributed by atoms with Gasteiger partial charge in [-0.3, -0.25) is 0 Å². The van der Waals surface area contributed by atoms with Gasteiger partial charge in [0, 0.05) is 0 Å². The molecule has 0 N–H and O–H groups in total. The Hall–Kier alpha value is 5.43. The summed E-state index contributed by atoms with van der Waals surface area (Å²) < 4.78 is 0. The summed E-state index contributed by atoms with van der Waals surface area (Å²) in [6.07, 6.45) is 0. The molecule has 0 saturated heterocycles. The molecule has 0 aromatic rings. The zero-order valence-corrected chi connectivity index (χ0v) is 21.8. The minimum Gasteiger partial charge on any atom is 4.00 e. The molecule has 0 spiro atoms. The second-order valence-corrected chi connectivity index (χ2v) is 105. The molecule has 0 rings (SSSR count). The van der Waals surface area contributed by atoms with Crippen LogP contribution in [0.2, 0.25) is 0 Å². The molecule has 0 heterocycles. The van der Waals surface area contributed by atoms with Gasteiger partial charge in [0.1, 0.15) is 0 Å². The van der Waals surface area contributed by atoms with E-state index in [9.17, 15) is 0 Å². The van der Waals surface area contributed by atoms with Crippen LogP contribution in [0.5, 0.6) is 0 Å². The standard InChI is InChI=1S/12ClH.3Ir/h12*1H;;;/q;;;;;;;;;;;;3*+4/p-12. The number of halogens is 12. The Balaban J connectivity index is -0.000000180. The molecular formula is Cl12Ir3. The average molecular weight is 1000 g/mol. The Morgan fingerprint density at radius 3 is 0.333 bits per heavy atom. The second-order valence-electron chi connectivity index (χ2n) is 1.43. The Morgan fingerprint density at radius 2 is 0.333 bits per heavy atom. The average Bonchev–Trinajstić information content (AvgIpc) is 0.938. The molecule has 0 aliphatic carbocycles. The Labute approximate surface area is 145 Å². The van der Waals surface area contributed by atoms with E-state index in [1.165, 1.54) is 0 Å². The van der Waals surface area contributed by atoms with Crippen LogP contribution in [-0.2, 0) is 33.7 Å². The van der Waals surface area contributed by atoms with Crippen molar-refractivity contribution in [1.29, 1.82) is 0 Å². The number of hydrogen-bond donors (Lipinski definition) is 0. The molecule has 0 atom stereocenters. The van der Waals surface area contributed by atoms with Crippen LogP contribution in [0.3, 0.4) is 0 Å². The van der Waals surface area contributed by atoms with Crippen molar-refractivity contribution >= 4 is 115 Å². The maximum atomic E-state index is 5.06. The second kappa shape index (κ2) is 5.26. The SMILES string of the molecule is [Cl][Ir-2]([Cl])([Cl])([Cl])([Cl])[Cl].[Cl][Ir-2]([Cl])([Cl])([Cl])([Cl])[Cl].[Ir+4]. The molecule has 0 aromatic carbocycles. The molecule has 0 saturated carbocycles. The normalized spacial score (nSPS) is 21.6. The van der Waals surface area contributed by atoms with Crippen LogP contribution in [0.15, 0.2) is 0 Å². The summed E-state index contributed by atoms with van der Waals surface area (Å²) in [5, 5.41) is 0. The van der Waals surface area contributed by atoms with Crippen molar-refractivity contribution in [2.24, 2.45) is 0 Å². The molecule has 0 fully saturated rings. The van der Waals surface area contributed by atoms with Gasteiger partial charge in [0.15, 0.2) is 0 Å². The monoisotopic (exact) mass is 999 g/mol. The Kier molecular flexibility index (Phi) is 8.90. The van der Waals surface area contributed by atoms with Crippen molar-refractivity contribution in [3.8, 4) is 0 Å². The molecule has 0 bridgehead atoms. The molecule has 111 valence electrons. The minimum absolute atomic E-state index is 0. The molecule has 0 aliphatic rings. The first kappa shape index (κ1) is 25.4. The van der Waals surface area contributed by atoms with Gasteiger partial charge in [0.05, 0.1) is 0 Å². The molecule has 1 radical (unpaired) electrons. The van der Waals surface area contributed by atoms with E-state index >= 15 is 0 Å². The van der Waals surface area contributed by atoms with Crippen LogP contribution in [0.4, 0.5) is 0 Å². The molecule has 0 nitrogen and oxygen atoms in total. The minimum atomic E-state index is -5.33. The van der Waals surface area contributed by atoms with Gasteiger partial charge >= 0.3 is 149 Å². The third kappa shape index (κ3) is 200. The van der Waals surface area contributed by atoms with Gasteiger partial charge in [-0.05, 0) is 0 Å². The van der Waals surface area contributed by atoms with Crippen LogP contribution in [0.1, 0.15) is 0 Å². The molecule has 15 heteroatoms. The van der Waals surface area contributed by atoms with Crippen LogP contribution < -0.4 is 0 Å². The molecule has 0 unspecified atom stereocenters. The topological polar surface area (TPSA) is 0 Å². The molecule has 0 amide bonds. The zero-order chi connectivity index (χ0) is 12.8. The van der Waals surface area contributed by atoms with Gasteiger partial charge in [-0.15, -0.1) is 0 Å². The first-order valence-electron chi connectivity index (χ1n) is 1.51. The fourth-order valence-corrected chi connectivity index (χ4v) is 0. The molecule has 0 aromatic heterocycles. The van der Waals surface area contributed by atoms with Crippen LogP contribution in [-0.4, -0.2) is 0 Å².